The molecule has 110 valence electrons. The van der Waals surface area contributed by atoms with Gasteiger partial charge in [0.1, 0.15) is 6.04 Å². The molecule has 1 aromatic heterocycles. The molecule has 0 bridgehead atoms. The third-order valence-electron chi connectivity index (χ3n) is 2.97. The Kier molecular flexibility index (Phi) is 6.49. The third kappa shape index (κ3) is 4.53. The van der Waals surface area contributed by atoms with Gasteiger partial charge in [-0.05, 0) is 12.5 Å². The van der Waals surface area contributed by atoms with Crippen LogP contribution in [0, 0.1) is 0 Å². The lowest BCUT2D eigenvalue weighted by atomic mass is 10.1. The number of H-pyrrole nitrogens is 1. The van der Waals surface area contributed by atoms with E-state index in [0.29, 0.717) is 13.0 Å². The summed E-state index contributed by atoms with van der Waals surface area (Å²) in [5.41, 5.74) is 0.770. The summed E-state index contributed by atoms with van der Waals surface area (Å²) in [6, 6.07) is -0.683. The van der Waals surface area contributed by atoms with Gasteiger partial charge in [0.25, 0.3) is 0 Å². The lowest BCUT2D eigenvalue weighted by Crippen LogP contribution is -2.44. The molecule has 6 heteroatoms. The van der Waals surface area contributed by atoms with E-state index in [1.807, 2.05) is 6.92 Å². The highest BCUT2D eigenvalue weighted by Gasteiger charge is 2.27. The Balaban J connectivity index is 2.74. The summed E-state index contributed by atoms with van der Waals surface area (Å²) in [5, 5.41) is 0. The summed E-state index contributed by atoms with van der Waals surface area (Å²) < 4.78 is 5.21. The number of rotatable bonds is 8. The van der Waals surface area contributed by atoms with Crippen LogP contribution in [0.3, 0.4) is 0 Å². The number of hydrogen-bond acceptors (Lipinski definition) is 4. The summed E-state index contributed by atoms with van der Waals surface area (Å²) in [7, 11) is 1.56. The van der Waals surface area contributed by atoms with E-state index in [2.05, 4.69) is 16.5 Å². The fourth-order valence-electron chi connectivity index (χ4n) is 1.69. The van der Waals surface area contributed by atoms with E-state index < -0.39 is 12.0 Å². The number of unbranched alkanes of at least 4 members (excludes halogenated alkanes) is 1. The minimum absolute atomic E-state index is 0.318. The molecule has 1 N–H and O–H groups in total. The van der Waals surface area contributed by atoms with Crippen molar-refractivity contribution in [3.63, 3.8) is 0 Å². The maximum Gasteiger partial charge on any atom is 0.329 e. The highest BCUT2D eigenvalue weighted by Crippen LogP contribution is 2.08. The van der Waals surface area contributed by atoms with Crippen molar-refractivity contribution in [2.45, 2.75) is 32.2 Å². The lowest BCUT2D eigenvalue weighted by molar-refractivity contribution is -0.153. The predicted octanol–water partition coefficient (Wildman–Crippen LogP) is 1.31. The number of nitrogens with one attached hydrogen (secondary N) is 1. The molecule has 1 amide bonds. The highest BCUT2D eigenvalue weighted by atomic mass is 16.5. The minimum Gasteiger partial charge on any atom is -0.464 e. The smallest absolute Gasteiger partial charge is 0.329 e. The monoisotopic (exact) mass is 279 g/mol. The van der Waals surface area contributed by atoms with Gasteiger partial charge in [0, 0.05) is 25.4 Å². The molecule has 0 unspecified atom stereocenters. The van der Waals surface area contributed by atoms with E-state index in [9.17, 15) is 9.59 Å². The molecule has 0 aliphatic rings. The molecular formula is C14H21N3O3. The molecule has 0 aromatic carbocycles. The number of carbonyl (C=O) groups is 2. The van der Waals surface area contributed by atoms with Gasteiger partial charge in [-0.2, -0.15) is 0 Å². The first kappa shape index (κ1) is 15.9. The highest BCUT2D eigenvalue weighted by molar-refractivity contribution is 5.91. The average molecular weight is 279 g/mol. The molecule has 6 nitrogen and oxygen atoms in total. The van der Waals surface area contributed by atoms with Crippen LogP contribution in [0.25, 0.3) is 0 Å². The molecule has 0 saturated heterocycles. The summed E-state index contributed by atoms with van der Waals surface area (Å²) in [5.74, 6) is -0.729. The summed E-state index contributed by atoms with van der Waals surface area (Å²) >= 11 is 0. The van der Waals surface area contributed by atoms with E-state index >= 15 is 0 Å². The fraction of sp³-hybridized carbons (Fsp3) is 0.500. The van der Waals surface area contributed by atoms with Crippen molar-refractivity contribution in [1.29, 1.82) is 0 Å². The normalized spacial score (nSPS) is 11.7. The Morgan fingerprint density at radius 3 is 2.90 bits per heavy atom. The Morgan fingerprint density at radius 2 is 2.35 bits per heavy atom. The Morgan fingerprint density at radius 1 is 1.60 bits per heavy atom. The van der Waals surface area contributed by atoms with Crippen LogP contribution in [0.1, 0.15) is 25.5 Å². The number of hydrogen-bond donors (Lipinski definition) is 1. The van der Waals surface area contributed by atoms with Gasteiger partial charge in [0.05, 0.1) is 12.9 Å². The quantitative estimate of drug-likeness (QED) is 0.442. The number of esters is 1. The number of aromatic nitrogens is 2. The molecule has 1 aromatic rings. The number of ether oxygens (including phenoxy) is 1. The zero-order valence-corrected chi connectivity index (χ0v) is 12.0. The maximum absolute atomic E-state index is 12.1. The molecule has 1 atom stereocenters. The second-order valence-electron chi connectivity index (χ2n) is 4.47. The van der Waals surface area contributed by atoms with Gasteiger partial charge in [-0.1, -0.05) is 19.9 Å². The molecule has 0 fully saturated rings. The van der Waals surface area contributed by atoms with Gasteiger partial charge in [-0.3, -0.25) is 4.79 Å². The van der Waals surface area contributed by atoms with Crippen molar-refractivity contribution in [2.24, 2.45) is 0 Å². The largest absolute Gasteiger partial charge is 0.464 e. The number of amides is 1. The Labute approximate surface area is 118 Å². The minimum atomic E-state index is -0.683. The van der Waals surface area contributed by atoms with Crippen molar-refractivity contribution in [2.75, 3.05) is 13.7 Å². The summed E-state index contributed by atoms with van der Waals surface area (Å²) in [6.07, 6.45) is 6.42. The maximum atomic E-state index is 12.1. The molecule has 1 heterocycles. The van der Waals surface area contributed by atoms with Crippen LogP contribution >= 0.6 is 0 Å². The number of nitrogens with zero attached hydrogens (tertiary/aromatic N) is 2. The van der Waals surface area contributed by atoms with E-state index in [4.69, 9.17) is 4.74 Å². The average Bonchev–Trinajstić information content (AvgIpc) is 2.96. The first-order valence-corrected chi connectivity index (χ1v) is 6.63. The number of likely N-dealkylation sites (N-methyl/N-ethyl adjacent to an activating group) is 1. The molecule has 0 aliphatic carbocycles. The van der Waals surface area contributed by atoms with Crippen molar-refractivity contribution in [3.8, 4) is 0 Å². The van der Waals surface area contributed by atoms with Gasteiger partial charge in [0.2, 0.25) is 5.91 Å². The van der Waals surface area contributed by atoms with E-state index in [0.717, 1.165) is 18.5 Å². The topological polar surface area (TPSA) is 75.3 Å². The van der Waals surface area contributed by atoms with E-state index in [-0.39, 0.29) is 5.91 Å². The Hall–Kier alpha value is -2.11. The molecule has 0 radical (unpaired) electrons. The third-order valence-corrected chi connectivity index (χ3v) is 2.97. The number of aromatic amines is 1. The second kappa shape index (κ2) is 8.14. The first-order chi connectivity index (χ1) is 9.60. The number of imidazole rings is 1. The van der Waals surface area contributed by atoms with Crippen molar-refractivity contribution < 1.29 is 14.3 Å². The van der Waals surface area contributed by atoms with Crippen molar-refractivity contribution >= 4 is 11.9 Å². The van der Waals surface area contributed by atoms with E-state index in [1.54, 1.807) is 13.2 Å². The van der Waals surface area contributed by atoms with Crippen molar-refractivity contribution in [3.05, 3.63) is 30.9 Å². The Bertz CT molecular complexity index is 443. The van der Waals surface area contributed by atoms with E-state index in [1.165, 1.54) is 17.3 Å². The van der Waals surface area contributed by atoms with Gasteiger partial charge < -0.3 is 14.6 Å². The van der Waals surface area contributed by atoms with Gasteiger partial charge in [-0.15, -0.1) is 0 Å². The number of carbonyl (C=O) groups excluding carboxylic acids is 2. The summed E-state index contributed by atoms with van der Waals surface area (Å²) in [6.45, 7) is 5.82. The van der Waals surface area contributed by atoms with Crippen LogP contribution in [-0.2, 0) is 20.7 Å². The predicted molar refractivity (Wildman–Crippen MR) is 74.9 cm³/mol. The molecule has 0 saturated carbocycles. The molecule has 1 rings (SSSR count). The second-order valence-corrected chi connectivity index (χ2v) is 4.47. The molecule has 20 heavy (non-hydrogen) atoms. The van der Waals surface area contributed by atoms with Crippen LogP contribution in [0.2, 0.25) is 0 Å². The van der Waals surface area contributed by atoms with Crippen LogP contribution in [0.15, 0.2) is 25.2 Å². The van der Waals surface area contributed by atoms with Crippen LogP contribution in [-0.4, -0.2) is 46.4 Å². The van der Waals surface area contributed by atoms with Gasteiger partial charge in [0.15, 0.2) is 0 Å². The molecule has 0 aliphatic heterocycles. The van der Waals surface area contributed by atoms with Gasteiger partial charge in [-0.25, -0.2) is 9.78 Å². The van der Waals surface area contributed by atoms with Gasteiger partial charge >= 0.3 is 5.97 Å². The van der Waals surface area contributed by atoms with Crippen LogP contribution in [0.5, 0.6) is 0 Å². The molecule has 0 spiro atoms. The van der Waals surface area contributed by atoms with Crippen molar-refractivity contribution in [1.82, 2.24) is 14.9 Å². The first-order valence-electron chi connectivity index (χ1n) is 6.63. The van der Waals surface area contributed by atoms with Crippen LogP contribution < -0.4 is 0 Å². The zero-order chi connectivity index (χ0) is 15.0. The zero-order valence-electron chi connectivity index (χ0n) is 12.0. The summed E-state index contributed by atoms with van der Waals surface area (Å²) in [4.78, 5) is 32.0. The SMILES string of the molecule is C=CC(=O)N(C)[C@@H](Cc1cnc[nH]1)C(=O)OCCCC. The standard InChI is InChI=1S/C14H21N3O3/c1-4-6-7-20-14(19)12(17(3)13(18)5-2)8-11-9-15-10-16-11/h5,9-10,12H,2,4,6-8H2,1,3H3,(H,15,16)/t12-/m0/s1. The molecular weight excluding hydrogens is 258 g/mol. The fourth-order valence-corrected chi connectivity index (χ4v) is 1.69. The lowest BCUT2D eigenvalue weighted by Gasteiger charge is -2.25. The van der Waals surface area contributed by atoms with Crippen LogP contribution in [0.4, 0.5) is 0 Å².